The standard InChI is InChI=1S/C24H28N2O2S/c1-2-17-7-6-10-21(15-17)26-22(27)16-29-24(26)19-11-13-20(14-12-19)25-23(28)18-8-4-3-5-9-18/h6-7,10-15,18,24H,2-5,8-9,16H2,1H3,(H,25,28). The number of hydrogen-bond acceptors (Lipinski definition) is 3. The Morgan fingerprint density at radius 1 is 1.10 bits per heavy atom. The van der Waals surface area contributed by atoms with Gasteiger partial charge in [0, 0.05) is 17.3 Å². The van der Waals surface area contributed by atoms with Crippen LogP contribution in [0.2, 0.25) is 0 Å². The predicted molar refractivity (Wildman–Crippen MR) is 120 cm³/mol. The first-order valence-electron chi connectivity index (χ1n) is 10.6. The summed E-state index contributed by atoms with van der Waals surface area (Å²) in [6.45, 7) is 2.12. The van der Waals surface area contributed by atoms with Gasteiger partial charge in [0.15, 0.2) is 0 Å². The van der Waals surface area contributed by atoms with Crippen molar-refractivity contribution in [1.29, 1.82) is 0 Å². The molecule has 0 bridgehead atoms. The van der Waals surface area contributed by atoms with E-state index in [2.05, 4.69) is 24.4 Å². The highest BCUT2D eigenvalue weighted by atomic mass is 32.2. The SMILES string of the molecule is CCc1cccc(N2C(=O)CSC2c2ccc(NC(=O)C3CCCCC3)cc2)c1. The molecule has 2 aliphatic rings. The third-order valence-electron chi connectivity index (χ3n) is 5.90. The van der Waals surface area contributed by atoms with Gasteiger partial charge in [-0.05, 0) is 54.7 Å². The Morgan fingerprint density at radius 3 is 2.59 bits per heavy atom. The second-order valence-corrected chi connectivity index (χ2v) is 8.97. The first-order valence-corrected chi connectivity index (χ1v) is 11.6. The molecule has 1 unspecified atom stereocenters. The van der Waals surface area contributed by atoms with E-state index in [9.17, 15) is 9.59 Å². The molecule has 2 amide bonds. The molecule has 2 aromatic rings. The number of benzene rings is 2. The fourth-order valence-corrected chi connectivity index (χ4v) is 5.39. The molecule has 5 heteroatoms. The van der Waals surface area contributed by atoms with Crippen molar-refractivity contribution < 1.29 is 9.59 Å². The third-order valence-corrected chi connectivity index (χ3v) is 7.12. The quantitative estimate of drug-likeness (QED) is 0.706. The minimum absolute atomic E-state index is 0.0299. The molecule has 0 aromatic heterocycles. The molecular weight excluding hydrogens is 380 g/mol. The Bertz CT molecular complexity index is 875. The largest absolute Gasteiger partial charge is 0.326 e. The van der Waals surface area contributed by atoms with Crippen LogP contribution >= 0.6 is 11.8 Å². The lowest BCUT2D eigenvalue weighted by molar-refractivity contribution is -0.120. The molecule has 0 spiro atoms. The van der Waals surface area contributed by atoms with E-state index in [0.29, 0.717) is 5.75 Å². The zero-order chi connectivity index (χ0) is 20.2. The van der Waals surface area contributed by atoms with Gasteiger partial charge in [0.05, 0.1) is 5.75 Å². The molecular formula is C24H28N2O2S. The molecule has 1 aliphatic carbocycles. The van der Waals surface area contributed by atoms with Gasteiger partial charge < -0.3 is 5.32 Å². The number of anilines is 2. The van der Waals surface area contributed by atoms with Crippen molar-refractivity contribution in [3.8, 4) is 0 Å². The molecule has 4 rings (SSSR count). The molecule has 1 saturated heterocycles. The molecule has 29 heavy (non-hydrogen) atoms. The lowest BCUT2D eigenvalue weighted by Crippen LogP contribution is -2.28. The van der Waals surface area contributed by atoms with Crippen LogP contribution < -0.4 is 10.2 Å². The zero-order valence-electron chi connectivity index (χ0n) is 16.9. The van der Waals surface area contributed by atoms with E-state index < -0.39 is 0 Å². The molecule has 4 nitrogen and oxygen atoms in total. The Balaban J connectivity index is 1.48. The number of nitrogens with one attached hydrogen (secondary N) is 1. The first kappa shape index (κ1) is 20.0. The molecule has 2 fully saturated rings. The summed E-state index contributed by atoms with van der Waals surface area (Å²) in [5.74, 6) is 0.915. The normalized spacial score (nSPS) is 20.1. The number of rotatable bonds is 5. The van der Waals surface area contributed by atoms with Gasteiger partial charge in [-0.3, -0.25) is 14.5 Å². The average molecular weight is 409 g/mol. The highest BCUT2D eigenvalue weighted by Crippen LogP contribution is 2.42. The smallest absolute Gasteiger partial charge is 0.238 e. The Hall–Kier alpha value is -2.27. The first-order chi connectivity index (χ1) is 14.2. The maximum Gasteiger partial charge on any atom is 0.238 e. The van der Waals surface area contributed by atoms with Crippen molar-refractivity contribution in [3.05, 3.63) is 59.7 Å². The van der Waals surface area contributed by atoms with Crippen molar-refractivity contribution in [2.45, 2.75) is 50.8 Å². The third kappa shape index (κ3) is 4.50. The number of nitrogens with zero attached hydrogens (tertiary/aromatic N) is 1. The summed E-state index contributed by atoms with van der Waals surface area (Å²) in [5.41, 5.74) is 4.10. The van der Waals surface area contributed by atoms with E-state index in [4.69, 9.17) is 0 Å². The summed E-state index contributed by atoms with van der Waals surface area (Å²) in [5, 5.41) is 3.04. The van der Waals surface area contributed by atoms with Gasteiger partial charge in [-0.1, -0.05) is 50.5 Å². The molecule has 1 saturated carbocycles. The molecule has 1 atom stereocenters. The Labute approximate surface area is 177 Å². The zero-order valence-corrected chi connectivity index (χ0v) is 17.7. The minimum atomic E-state index is -0.0299. The fourth-order valence-electron chi connectivity index (χ4n) is 4.22. The number of carbonyl (C=O) groups excluding carboxylic acids is 2. The Kier molecular flexibility index (Phi) is 6.24. The van der Waals surface area contributed by atoms with E-state index in [0.717, 1.165) is 49.0 Å². The molecule has 152 valence electrons. The van der Waals surface area contributed by atoms with Crippen molar-refractivity contribution in [2.24, 2.45) is 5.92 Å². The van der Waals surface area contributed by atoms with Gasteiger partial charge in [0.25, 0.3) is 0 Å². The summed E-state index contributed by atoms with van der Waals surface area (Å²) in [4.78, 5) is 27.0. The maximum absolute atomic E-state index is 12.6. The number of aryl methyl sites for hydroxylation is 1. The van der Waals surface area contributed by atoms with Crippen molar-refractivity contribution in [1.82, 2.24) is 0 Å². The van der Waals surface area contributed by atoms with Crippen LogP contribution in [0.3, 0.4) is 0 Å². The van der Waals surface area contributed by atoms with Gasteiger partial charge in [0.2, 0.25) is 11.8 Å². The van der Waals surface area contributed by atoms with E-state index in [1.165, 1.54) is 12.0 Å². The monoisotopic (exact) mass is 408 g/mol. The lowest BCUT2D eigenvalue weighted by Gasteiger charge is -2.25. The topological polar surface area (TPSA) is 49.4 Å². The summed E-state index contributed by atoms with van der Waals surface area (Å²) < 4.78 is 0. The number of amides is 2. The maximum atomic E-state index is 12.6. The average Bonchev–Trinajstić information content (AvgIpc) is 3.16. The van der Waals surface area contributed by atoms with Gasteiger partial charge in [-0.2, -0.15) is 0 Å². The van der Waals surface area contributed by atoms with Crippen LogP contribution in [0.15, 0.2) is 48.5 Å². The van der Waals surface area contributed by atoms with E-state index in [1.54, 1.807) is 11.8 Å². The van der Waals surface area contributed by atoms with Crippen LogP contribution in [0, 0.1) is 5.92 Å². The predicted octanol–water partition coefficient (Wildman–Crippen LogP) is 5.55. The Morgan fingerprint density at radius 2 is 1.86 bits per heavy atom. The van der Waals surface area contributed by atoms with Crippen LogP contribution in [-0.4, -0.2) is 17.6 Å². The van der Waals surface area contributed by atoms with Crippen LogP contribution in [-0.2, 0) is 16.0 Å². The highest BCUT2D eigenvalue weighted by molar-refractivity contribution is 8.00. The van der Waals surface area contributed by atoms with Crippen molar-refractivity contribution >= 4 is 35.0 Å². The summed E-state index contributed by atoms with van der Waals surface area (Å²) in [6, 6.07) is 16.2. The van der Waals surface area contributed by atoms with E-state index in [1.807, 2.05) is 41.3 Å². The van der Waals surface area contributed by atoms with Crippen LogP contribution in [0.5, 0.6) is 0 Å². The molecule has 0 radical (unpaired) electrons. The van der Waals surface area contributed by atoms with Crippen LogP contribution in [0.1, 0.15) is 55.5 Å². The van der Waals surface area contributed by atoms with Gasteiger partial charge in [-0.15, -0.1) is 11.8 Å². The molecule has 1 aliphatic heterocycles. The highest BCUT2D eigenvalue weighted by Gasteiger charge is 2.34. The summed E-state index contributed by atoms with van der Waals surface area (Å²) >= 11 is 1.65. The molecule has 1 heterocycles. The van der Waals surface area contributed by atoms with Crippen LogP contribution in [0.25, 0.3) is 0 Å². The molecule has 1 N–H and O–H groups in total. The van der Waals surface area contributed by atoms with Gasteiger partial charge in [-0.25, -0.2) is 0 Å². The van der Waals surface area contributed by atoms with E-state index in [-0.39, 0.29) is 23.1 Å². The van der Waals surface area contributed by atoms with Crippen molar-refractivity contribution in [2.75, 3.05) is 16.0 Å². The second kappa shape index (κ2) is 9.04. The van der Waals surface area contributed by atoms with Crippen LogP contribution in [0.4, 0.5) is 11.4 Å². The summed E-state index contributed by atoms with van der Waals surface area (Å²) in [7, 11) is 0. The fraction of sp³-hybridized carbons (Fsp3) is 0.417. The molecule has 2 aromatic carbocycles. The number of hydrogen-bond donors (Lipinski definition) is 1. The summed E-state index contributed by atoms with van der Waals surface area (Å²) in [6.07, 6.45) is 6.49. The number of thioether (sulfide) groups is 1. The minimum Gasteiger partial charge on any atom is -0.326 e. The van der Waals surface area contributed by atoms with Gasteiger partial charge >= 0.3 is 0 Å². The number of carbonyl (C=O) groups is 2. The van der Waals surface area contributed by atoms with E-state index >= 15 is 0 Å². The van der Waals surface area contributed by atoms with Gasteiger partial charge in [0.1, 0.15) is 5.37 Å². The van der Waals surface area contributed by atoms with Crippen molar-refractivity contribution in [3.63, 3.8) is 0 Å². The lowest BCUT2D eigenvalue weighted by atomic mass is 9.88. The second-order valence-electron chi connectivity index (χ2n) is 7.90.